The zero-order valence-corrected chi connectivity index (χ0v) is 12.0. The third-order valence-corrected chi connectivity index (χ3v) is 3.08. The zero-order valence-electron chi connectivity index (χ0n) is 11.2. The molecule has 0 aromatic heterocycles. The van der Waals surface area contributed by atoms with E-state index in [9.17, 15) is 0 Å². The fourth-order valence-corrected chi connectivity index (χ4v) is 2.07. The van der Waals surface area contributed by atoms with Crippen LogP contribution in [0.25, 0.3) is 0 Å². The smallest absolute Gasteiger partial charge is 0.189 e. The van der Waals surface area contributed by atoms with Crippen molar-refractivity contribution in [1.29, 1.82) is 0 Å². The van der Waals surface area contributed by atoms with E-state index in [0.717, 1.165) is 23.3 Å². The molecule has 2 aromatic carbocycles. The summed E-state index contributed by atoms with van der Waals surface area (Å²) in [5, 5.41) is 0.686. The second-order valence-electron chi connectivity index (χ2n) is 4.39. The predicted octanol–water partition coefficient (Wildman–Crippen LogP) is 3.39. The van der Waals surface area contributed by atoms with Crippen molar-refractivity contribution in [2.75, 3.05) is 13.3 Å². The number of nitrogens with two attached hydrogens (primary N) is 1. The van der Waals surface area contributed by atoms with E-state index in [1.165, 1.54) is 0 Å². The van der Waals surface area contributed by atoms with Crippen LogP contribution in [0.1, 0.15) is 11.1 Å². The molecule has 3 nitrogen and oxygen atoms in total. The minimum Gasteiger partial charge on any atom is -0.467 e. The summed E-state index contributed by atoms with van der Waals surface area (Å²) in [5.41, 5.74) is 7.70. The molecule has 0 saturated heterocycles. The van der Waals surface area contributed by atoms with Crippen molar-refractivity contribution in [3.05, 3.63) is 64.7 Å². The first kappa shape index (κ1) is 14.9. The van der Waals surface area contributed by atoms with E-state index >= 15 is 0 Å². The molecule has 0 aliphatic rings. The van der Waals surface area contributed by atoms with Crippen molar-refractivity contribution in [3.63, 3.8) is 0 Å². The summed E-state index contributed by atoms with van der Waals surface area (Å²) < 4.78 is 11.1. The largest absolute Gasteiger partial charge is 0.467 e. The average molecular weight is 292 g/mol. The first-order chi connectivity index (χ1) is 9.79. The van der Waals surface area contributed by atoms with E-state index in [-0.39, 0.29) is 6.79 Å². The van der Waals surface area contributed by atoms with E-state index in [0.29, 0.717) is 18.2 Å². The third-order valence-electron chi connectivity index (χ3n) is 2.85. The second-order valence-corrected chi connectivity index (χ2v) is 4.82. The Bertz CT molecular complexity index is 531. The molecule has 0 spiro atoms. The Labute approximate surface area is 124 Å². The lowest BCUT2D eigenvalue weighted by Gasteiger charge is -2.11. The maximum atomic E-state index is 5.97. The molecule has 4 heteroatoms. The molecule has 2 N–H and O–H groups in total. The Morgan fingerprint density at radius 2 is 1.85 bits per heavy atom. The van der Waals surface area contributed by atoms with Gasteiger partial charge >= 0.3 is 0 Å². The van der Waals surface area contributed by atoms with Gasteiger partial charge in [-0.05, 0) is 42.3 Å². The summed E-state index contributed by atoms with van der Waals surface area (Å²) in [6.07, 6.45) is 0.731. The van der Waals surface area contributed by atoms with Crippen molar-refractivity contribution < 1.29 is 9.47 Å². The Morgan fingerprint density at radius 3 is 2.60 bits per heavy atom. The normalized spacial score (nSPS) is 10.5. The standard InChI is InChI=1S/C16H18ClNO2/c17-15-6-7-16(14(10-15)8-9-18)20-12-19-11-13-4-2-1-3-5-13/h1-7,10H,8-9,11-12,18H2. The molecule has 0 aliphatic carbocycles. The lowest BCUT2D eigenvalue weighted by molar-refractivity contribution is 0.00455. The summed E-state index contributed by atoms with van der Waals surface area (Å²) in [6, 6.07) is 15.5. The van der Waals surface area contributed by atoms with Crippen LogP contribution in [-0.4, -0.2) is 13.3 Å². The fourth-order valence-electron chi connectivity index (χ4n) is 1.88. The van der Waals surface area contributed by atoms with E-state index in [1.807, 2.05) is 42.5 Å². The zero-order chi connectivity index (χ0) is 14.2. The molecule has 2 rings (SSSR count). The number of ether oxygens (including phenoxy) is 2. The van der Waals surface area contributed by atoms with Gasteiger partial charge < -0.3 is 15.2 Å². The molecule has 0 amide bonds. The maximum absolute atomic E-state index is 5.97. The van der Waals surface area contributed by atoms with E-state index < -0.39 is 0 Å². The number of rotatable bonds is 7. The van der Waals surface area contributed by atoms with Crippen LogP contribution in [0.2, 0.25) is 5.02 Å². The predicted molar refractivity (Wildman–Crippen MR) is 80.9 cm³/mol. The first-order valence-electron chi connectivity index (χ1n) is 6.52. The summed E-state index contributed by atoms with van der Waals surface area (Å²) in [6.45, 7) is 1.29. The fraction of sp³-hybridized carbons (Fsp3) is 0.250. The molecule has 0 unspecified atom stereocenters. The molecule has 0 saturated carbocycles. The van der Waals surface area contributed by atoms with Crippen molar-refractivity contribution in [3.8, 4) is 5.75 Å². The Morgan fingerprint density at radius 1 is 1.05 bits per heavy atom. The van der Waals surface area contributed by atoms with Gasteiger partial charge in [0.15, 0.2) is 6.79 Å². The lowest BCUT2D eigenvalue weighted by Crippen LogP contribution is -2.08. The van der Waals surface area contributed by atoms with Gasteiger partial charge in [-0.15, -0.1) is 0 Å². The molecule has 0 radical (unpaired) electrons. The van der Waals surface area contributed by atoms with Gasteiger partial charge in [-0.3, -0.25) is 0 Å². The Kier molecular flexibility index (Phi) is 5.87. The molecule has 0 heterocycles. The summed E-state index contributed by atoms with van der Waals surface area (Å²) >= 11 is 5.97. The SMILES string of the molecule is NCCc1cc(Cl)ccc1OCOCc1ccccc1. The molecule has 0 fully saturated rings. The van der Waals surface area contributed by atoms with Crippen molar-refractivity contribution in [2.45, 2.75) is 13.0 Å². The Hall–Kier alpha value is -1.55. The van der Waals surface area contributed by atoms with Gasteiger partial charge in [0.1, 0.15) is 5.75 Å². The molecule has 0 atom stereocenters. The van der Waals surface area contributed by atoms with Crippen molar-refractivity contribution in [1.82, 2.24) is 0 Å². The van der Waals surface area contributed by atoms with Gasteiger partial charge in [-0.1, -0.05) is 41.9 Å². The molecule has 0 bridgehead atoms. The minimum atomic E-state index is 0.202. The van der Waals surface area contributed by atoms with Gasteiger partial charge in [0, 0.05) is 5.02 Å². The van der Waals surface area contributed by atoms with Crippen LogP contribution in [0, 0.1) is 0 Å². The van der Waals surface area contributed by atoms with Gasteiger partial charge in [0.2, 0.25) is 0 Å². The molecule has 2 aromatic rings. The van der Waals surface area contributed by atoms with Gasteiger partial charge in [0.25, 0.3) is 0 Å². The number of hydrogen-bond acceptors (Lipinski definition) is 3. The first-order valence-corrected chi connectivity index (χ1v) is 6.90. The number of halogens is 1. The third kappa shape index (κ3) is 4.53. The highest BCUT2D eigenvalue weighted by molar-refractivity contribution is 6.30. The van der Waals surface area contributed by atoms with Crippen LogP contribution in [0.15, 0.2) is 48.5 Å². The molecular formula is C16H18ClNO2. The van der Waals surface area contributed by atoms with Crippen LogP contribution >= 0.6 is 11.6 Å². The quantitative estimate of drug-likeness (QED) is 0.628. The molecule has 20 heavy (non-hydrogen) atoms. The van der Waals surface area contributed by atoms with Crippen LogP contribution in [0.5, 0.6) is 5.75 Å². The number of benzene rings is 2. The highest BCUT2D eigenvalue weighted by atomic mass is 35.5. The summed E-state index contributed by atoms with van der Waals surface area (Å²) in [4.78, 5) is 0. The van der Waals surface area contributed by atoms with Gasteiger partial charge in [0.05, 0.1) is 6.61 Å². The lowest BCUT2D eigenvalue weighted by atomic mass is 10.1. The van der Waals surface area contributed by atoms with Gasteiger partial charge in [-0.2, -0.15) is 0 Å². The van der Waals surface area contributed by atoms with Crippen molar-refractivity contribution >= 4 is 11.6 Å². The minimum absolute atomic E-state index is 0.202. The highest BCUT2D eigenvalue weighted by Crippen LogP contribution is 2.23. The van der Waals surface area contributed by atoms with Crippen LogP contribution in [0.3, 0.4) is 0 Å². The molecular weight excluding hydrogens is 274 g/mol. The van der Waals surface area contributed by atoms with E-state index in [1.54, 1.807) is 6.07 Å². The maximum Gasteiger partial charge on any atom is 0.189 e. The highest BCUT2D eigenvalue weighted by Gasteiger charge is 2.04. The van der Waals surface area contributed by atoms with Crippen LogP contribution in [-0.2, 0) is 17.8 Å². The van der Waals surface area contributed by atoms with E-state index in [4.69, 9.17) is 26.8 Å². The second kappa shape index (κ2) is 7.90. The van der Waals surface area contributed by atoms with Gasteiger partial charge in [-0.25, -0.2) is 0 Å². The number of hydrogen-bond donors (Lipinski definition) is 1. The average Bonchev–Trinajstić information content (AvgIpc) is 2.47. The summed E-state index contributed by atoms with van der Waals surface area (Å²) in [5.74, 6) is 0.771. The molecule has 0 aliphatic heterocycles. The van der Waals surface area contributed by atoms with E-state index in [2.05, 4.69) is 0 Å². The van der Waals surface area contributed by atoms with Crippen molar-refractivity contribution in [2.24, 2.45) is 5.73 Å². The summed E-state index contributed by atoms with van der Waals surface area (Å²) in [7, 11) is 0. The monoisotopic (exact) mass is 291 g/mol. The van der Waals surface area contributed by atoms with Crippen LogP contribution < -0.4 is 10.5 Å². The van der Waals surface area contributed by atoms with Crippen LogP contribution in [0.4, 0.5) is 0 Å². The topological polar surface area (TPSA) is 44.5 Å². The molecule has 106 valence electrons. The Balaban J connectivity index is 1.84.